The molecule has 2 aliphatic rings. The Morgan fingerprint density at radius 2 is 1.94 bits per heavy atom. The number of hydrogen-bond acceptors (Lipinski definition) is 2. The van der Waals surface area contributed by atoms with Gasteiger partial charge in [-0.05, 0) is 32.7 Å². The molecular formula is C11H20F3NO. The summed E-state index contributed by atoms with van der Waals surface area (Å²) in [6.07, 6.45) is -2.56. The van der Waals surface area contributed by atoms with E-state index in [0.29, 0.717) is 13.0 Å². The highest BCUT2D eigenvalue weighted by atomic mass is 19.4. The highest BCUT2D eigenvalue weighted by Gasteiger charge is 2.48. The molecule has 0 saturated carbocycles. The van der Waals surface area contributed by atoms with Crippen LogP contribution in [-0.2, 0) is 4.74 Å². The van der Waals surface area contributed by atoms with Crippen LogP contribution in [0.3, 0.4) is 0 Å². The van der Waals surface area contributed by atoms with Crippen LogP contribution in [0.2, 0.25) is 0 Å². The molecular weight excluding hydrogens is 219 g/mol. The zero-order valence-electron chi connectivity index (χ0n) is 10.1. The minimum atomic E-state index is -4.49. The second-order valence-corrected chi connectivity index (χ2v) is 4.44. The van der Waals surface area contributed by atoms with Crippen LogP contribution in [0.25, 0.3) is 0 Å². The van der Waals surface area contributed by atoms with Gasteiger partial charge < -0.3 is 0 Å². The molecule has 0 aromatic rings. The van der Waals surface area contributed by atoms with E-state index in [1.54, 1.807) is 0 Å². The minimum Gasteiger partial charge on any atom is -0.295 e. The summed E-state index contributed by atoms with van der Waals surface area (Å²) in [5.74, 6) is 0. The number of rotatable bonds is 1. The third-order valence-corrected chi connectivity index (χ3v) is 3.30. The molecule has 0 radical (unpaired) electrons. The third-order valence-electron chi connectivity index (χ3n) is 3.30. The van der Waals surface area contributed by atoms with E-state index in [1.807, 2.05) is 20.8 Å². The molecule has 2 atom stereocenters. The first-order valence-corrected chi connectivity index (χ1v) is 5.89. The van der Waals surface area contributed by atoms with Crippen LogP contribution >= 0.6 is 0 Å². The zero-order chi connectivity index (χ0) is 12.4. The monoisotopic (exact) mass is 239 g/mol. The van der Waals surface area contributed by atoms with Gasteiger partial charge in [-0.3, -0.25) is 9.64 Å². The molecule has 0 N–H and O–H groups in total. The highest BCUT2D eigenvalue weighted by molar-refractivity contribution is 5.00. The first-order valence-electron chi connectivity index (χ1n) is 5.89. The van der Waals surface area contributed by atoms with Crippen molar-refractivity contribution >= 4 is 0 Å². The fraction of sp³-hybridized carbons (Fsp3) is 1.00. The standard InChI is InChI=1S/C9H14F3NO.C2H6/c1-8-3-2-4-13(8)6-7(5-8)14-9(10,11)12;1-2/h7H,2-6H2,1H3;1-2H3. The molecule has 0 aliphatic carbocycles. The van der Waals surface area contributed by atoms with Gasteiger partial charge in [0.15, 0.2) is 0 Å². The largest absolute Gasteiger partial charge is 0.522 e. The lowest BCUT2D eigenvalue weighted by atomic mass is 9.96. The Bertz CT molecular complexity index is 232. The minimum absolute atomic E-state index is 0.0457. The summed E-state index contributed by atoms with van der Waals surface area (Å²) in [4.78, 5) is 2.11. The second-order valence-electron chi connectivity index (χ2n) is 4.44. The van der Waals surface area contributed by atoms with Gasteiger partial charge in [0.05, 0.1) is 6.10 Å². The first-order chi connectivity index (χ1) is 7.39. The lowest BCUT2D eigenvalue weighted by molar-refractivity contribution is -0.340. The van der Waals surface area contributed by atoms with E-state index in [4.69, 9.17) is 0 Å². The Labute approximate surface area is 94.8 Å². The first kappa shape index (κ1) is 13.8. The normalized spacial score (nSPS) is 34.5. The molecule has 2 heterocycles. The summed E-state index contributed by atoms with van der Waals surface area (Å²) in [6.45, 7) is 7.37. The second kappa shape index (κ2) is 4.92. The van der Waals surface area contributed by atoms with Gasteiger partial charge in [-0.25, -0.2) is 0 Å². The van der Waals surface area contributed by atoms with Crippen molar-refractivity contribution in [1.82, 2.24) is 4.90 Å². The predicted octanol–water partition coefficient (Wildman–Crippen LogP) is 3.18. The van der Waals surface area contributed by atoms with Crippen LogP contribution in [0, 0.1) is 0 Å². The summed E-state index contributed by atoms with van der Waals surface area (Å²) in [5, 5.41) is 0. The van der Waals surface area contributed by atoms with Crippen LogP contribution in [0.15, 0.2) is 0 Å². The van der Waals surface area contributed by atoms with Crippen molar-refractivity contribution in [1.29, 1.82) is 0 Å². The number of fused-ring (bicyclic) bond motifs is 1. The summed E-state index contributed by atoms with van der Waals surface area (Å²) in [7, 11) is 0. The molecule has 2 aliphatic heterocycles. The molecule has 2 nitrogen and oxygen atoms in total. The SMILES string of the molecule is CC.CC12CCCN1CC(OC(F)(F)F)C2. The fourth-order valence-electron chi connectivity index (χ4n) is 2.69. The molecule has 5 heteroatoms. The van der Waals surface area contributed by atoms with E-state index >= 15 is 0 Å². The van der Waals surface area contributed by atoms with Crippen LogP contribution in [-0.4, -0.2) is 36.0 Å². The van der Waals surface area contributed by atoms with Crippen LogP contribution in [0.5, 0.6) is 0 Å². The van der Waals surface area contributed by atoms with E-state index in [9.17, 15) is 13.2 Å². The number of nitrogens with zero attached hydrogens (tertiary/aromatic N) is 1. The summed E-state index contributed by atoms with van der Waals surface area (Å²) in [6, 6.07) is 0. The van der Waals surface area contributed by atoms with Crippen molar-refractivity contribution in [3.63, 3.8) is 0 Å². The van der Waals surface area contributed by atoms with Gasteiger partial charge in [0.1, 0.15) is 0 Å². The van der Waals surface area contributed by atoms with Crippen LogP contribution in [0.1, 0.15) is 40.0 Å². The topological polar surface area (TPSA) is 12.5 Å². The smallest absolute Gasteiger partial charge is 0.295 e. The Morgan fingerprint density at radius 1 is 1.31 bits per heavy atom. The van der Waals surface area contributed by atoms with Crippen molar-refractivity contribution < 1.29 is 17.9 Å². The molecule has 2 fully saturated rings. The molecule has 16 heavy (non-hydrogen) atoms. The maximum atomic E-state index is 12.0. The summed E-state index contributed by atoms with van der Waals surface area (Å²) in [5.41, 5.74) is -0.0457. The van der Waals surface area contributed by atoms with E-state index in [-0.39, 0.29) is 5.54 Å². The highest BCUT2D eigenvalue weighted by Crippen LogP contribution is 2.40. The average Bonchev–Trinajstić information content (AvgIpc) is 2.59. The van der Waals surface area contributed by atoms with Gasteiger partial charge in [0, 0.05) is 12.1 Å². The maximum absolute atomic E-state index is 12.0. The average molecular weight is 239 g/mol. The molecule has 2 rings (SSSR count). The van der Waals surface area contributed by atoms with E-state index < -0.39 is 12.5 Å². The van der Waals surface area contributed by atoms with Gasteiger partial charge in [0.2, 0.25) is 0 Å². The Balaban J connectivity index is 0.000000606. The lowest BCUT2D eigenvalue weighted by Gasteiger charge is -2.26. The van der Waals surface area contributed by atoms with E-state index in [2.05, 4.69) is 9.64 Å². The van der Waals surface area contributed by atoms with Crippen molar-refractivity contribution in [3.8, 4) is 0 Å². The van der Waals surface area contributed by atoms with Crippen molar-refractivity contribution in [2.45, 2.75) is 58.0 Å². The van der Waals surface area contributed by atoms with Crippen LogP contribution in [0.4, 0.5) is 13.2 Å². The number of hydrogen-bond donors (Lipinski definition) is 0. The number of halogens is 3. The fourth-order valence-corrected chi connectivity index (χ4v) is 2.69. The van der Waals surface area contributed by atoms with Crippen molar-refractivity contribution in [2.24, 2.45) is 0 Å². The lowest BCUT2D eigenvalue weighted by Crippen LogP contribution is -2.34. The van der Waals surface area contributed by atoms with Crippen molar-refractivity contribution in [3.05, 3.63) is 0 Å². The Hall–Kier alpha value is -0.290. The molecule has 0 amide bonds. The summed E-state index contributed by atoms with van der Waals surface area (Å²) < 4.78 is 40.0. The predicted molar refractivity (Wildman–Crippen MR) is 56.1 cm³/mol. The molecule has 0 bridgehead atoms. The van der Waals surface area contributed by atoms with Gasteiger partial charge in [-0.15, -0.1) is 13.2 Å². The molecule has 2 unspecified atom stereocenters. The van der Waals surface area contributed by atoms with Gasteiger partial charge in [-0.2, -0.15) is 0 Å². The maximum Gasteiger partial charge on any atom is 0.522 e. The van der Waals surface area contributed by atoms with E-state index in [1.165, 1.54) is 0 Å². The van der Waals surface area contributed by atoms with Gasteiger partial charge in [-0.1, -0.05) is 13.8 Å². The van der Waals surface area contributed by atoms with Crippen molar-refractivity contribution in [2.75, 3.05) is 13.1 Å². The molecule has 2 saturated heterocycles. The summed E-state index contributed by atoms with van der Waals surface area (Å²) >= 11 is 0. The quantitative estimate of drug-likeness (QED) is 0.697. The Kier molecular flexibility index (Phi) is 4.23. The Morgan fingerprint density at radius 3 is 2.44 bits per heavy atom. The molecule has 0 spiro atoms. The molecule has 0 aromatic heterocycles. The van der Waals surface area contributed by atoms with Crippen LogP contribution < -0.4 is 0 Å². The van der Waals surface area contributed by atoms with Gasteiger partial charge in [0.25, 0.3) is 0 Å². The van der Waals surface area contributed by atoms with E-state index in [0.717, 1.165) is 19.4 Å². The van der Waals surface area contributed by atoms with Gasteiger partial charge >= 0.3 is 6.36 Å². The zero-order valence-corrected chi connectivity index (χ0v) is 10.1. The number of ether oxygens (including phenoxy) is 1. The third kappa shape index (κ3) is 3.10. The number of alkyl halides is 3. The molecule has 96 valence electrons. The molecule has 0 aromatic carbocycles.